The van der Waals surface area contributed by atoms with Gasteiger partial charge in [0.05, 0.1) is 0 Å². The summed E-state index contributed by atoms with van der Waals surface area (Å²) in [5, 5.41) is 6.71. The summed E-state index contributed by atoms with van der Waals surface area (Å²) in [6.07, 6.45) is 45.1. The summed E-state index contributed by atoms with van der Waals surface area (Å²) in [6.45, 7) is 14.1. The van der Waals surface area contributed by atoms with E-state index in [-0.39, 0.29) is 37.2 Å². The average Bonchev–Trinajstić information content (AvgIpc) is 3.70. The molecule has 1 aliphatic rings. The van der Waals surface area contributed by atoms with Crippen LogP contribution in [0.15, 0.2) is 75.8 Å². The van der Waals surface area contributed by atoms with Crippen LogP contribution in [0.4, 0.5) is 0 Å². The second-order valence-electron chi connectivity index (χ2n) is 19.2. The molecule has 0 heterocycles. The van der Waals surface area contributed by atoms with Gasteiger partial charge in [0.1, 0.15) is 0 Å². The van der Waals surface area contributed by atoms with Gasteiger partial charge in [-0.2, -0.15) is 0 Å². The van der Waals surface area contributed by atoms with Crippen LogP contribution in [0.5, 0.6) is 0 Å². The van der Waals surface area contributed by atoms with Crippen LogP contribution in [0.3, 0.4) is 0 Å². The second-order valence-corrected chi connectivity index (χ2v) is 23.9. The molecule has 5 heteroatoms. The van der Waals surface area contributed by atoms with Gasteiger partial charge in [-0.3, -0.25) is 0 Å². The summed E-state index contributed by atoms with van der Waals surface area (Å²) in [5.74, 6) is 0. The molecule has 0 saturated heterocycles. The molecule has 0 fully saturated rings. The molecular formula is C59H91Cl3SiTi. The maximum Gasteiger partial charge on any atom is -1.00 e. The molecule has 0 amide bonds. The molecule has 0 bridgehead atoms. The average molecular weight is 983 g/mol. The van der Waals surface area contributed by atoms with Crippen molar-refractivity contribution in [3.05, 3.63) is 109 Å². The Labute approximate surface area is 427 Å². The van der Waals surface area contributed by atoms with E-state index >= 15 is 0 Å². The van der Waals surface area contributed by atoms with Gasteiger partial charge >= 0.3 is 394 Å². The first-order valence-corrected chi connectivity index (χ1v) is 29.2. The minimum Gasteiger partial charge on any atom is -1.00 e. The predicted octanol–water partition coefficient (Wildman–Crippen LogP) is 7.21. The Kier molecular flexibility index (Phi) is 34.3. The van der Waals surface area contributed by atoms with E-state index in [0.717, 1.165) is 6.42 Å². The molecule has 0 unspecified atom stereocenters. The van der Waals surface area contributed by atoms with E-state index in [1.165, 1.54) is 193 Å². The SMILES string of the molecule is CCCCCCc1cc(CCCCCC)cc([Si](C2=[C]([Ti+3])CC=C2)(c2cc(CCCCCC)cc(CCCCCC)c2)c2cc(CCCCCC)cc(CCCCCC)c2)c1.[Cl-].[Cl-].[Cl-]. The zero-order chi connectivity index (χ0) is 43.5. The van der Waals surface area contributed by atoms with Crippen molar-refractivity contribution < 1.29 is 57.7 Å². The Balaban J connectivity index is 0.00000683. The molecule has 0 atom stereocenters. The van der Waals surface area contributed by atoms with Crippen LogP contribution >= 0.6 is 0 Å². The zero-order valence-electron chi connectivity index (χ0n) is 41.9. The van der Waals surface area contributed by atoms with E-state index in [0.29, 0.717) is 0 Å². The summed E-state index contributed by atoms with van der Waals surface area (Å²) in [5.41, 5.74) is 9.60. The minimum absolute atomic E-state index is 0. The van der Waals surface area contributed by atoms with E-state index in [1.807, 2.05) is 0 Å². The number of benzene rings is 3. The molecule has 0 aliphatic heterocycles. The molecule has 0 radical (unpaired) electrons. The number of rotatable bonds is 34. The fraction of sp³-hybridized carbons (Fsp3) is 0.627. The van der Waals surface area contributed by atoms with Gasteiger partial charge in [0, 0.05) is 0 Å². The Morgan fingerprint density at radius 3 is 0.766 bits per heavy atom. The van der Waals surface area contributed by atoms with Gasteiger partial charge in [0.15, 0.2) is 0 Å². The monoisotopic (exact) mass is 981 g/mol. The van der Waals surface area contributed by atoms with Gasteiger partial charge in [0.25, 0.3) is 0 Å². The first kappa shape index (κ1) is 61.0. The number of hydrogen-bond donors (Lipinski definition) is 0. The Hall–Kier alpha value is -1.06. The number of aryl methyl sites for hydroxylation is 6. The Bertz CT molecular complexity index is 1480. The first-order valence-electron chi connectivity index (χ1n) is 26.4. The van der Waals surface area contributed by atoms with Gasteiger partial charge in [-0.25, -0.2) is 0 Å². The molecule has 0 saturated carbocycles. The number of hydrogen-bond acceptors (Lipinski definition) is 0. The van der Waals surface area contributed by atoms with Crippen molar-refractivity contribution in [1.29, 1.82) is 0 Å². The predicted molar refractivity (Wildman–Crippen MR) is 272 cm³/mol. The van der Waals surface area contributed by atoms with Crippen LogP contribution in [-0.2, 0) is 59.0 Å². The molecular weight excluding hydrogens is 891 g/mol. The number of halogens is 3. The van der Waals surface area contributed by atoms with E-state index in [9.17, 15) is 0 Å². The zero-order valence-corrected chi connectivity index (χ0v) is 46.7. The van der Waals surface area contributed by atoms with Crippen LogP contribution in [0.1, 0.15) is 235 Å². The van der Waals surface area contributed by atoms with E-state index in [4.69, 9.17) is 0 Å². The number of unbranched alkanes of at least 4 members (excludes halogenated alkanes) is 18. The fourth-order valence-electron chi connectivity index (χ4n) is 10.2. The third kappa shape index (κ3) is 19.9. The van der Waals surface area contributed by atoms with Crippen LogP contribution in [0, 0.1) is 0 Å². The van der Waals surface area contributed by atoms with Crippen molar-refractivity contribution in [3.63, 3.8) is 0 Å². The molecule has 64 heavy (non-hydrogen) atoms. The van der Waals surface area contributed by atoms with Crippen molar-refractivity contribution in [1.82, 2.24) is 0 Å². The van der Waals surface area contributed by atoms with Gasteiger partial charge in [-0.05, 0) is 0 Å². The van der Waals surface area contributed by atoms with Crippen molar-refractivity contribution in [2.75, 3.05) is 0 Å². The molecule has 4 rings (SSSR count). The van der Waals surface area contributed by atoms with Crippen molar-refractivity contribution in [2.45, 2.75) is 241 Å². The first-order chi connectivity index (χ1) is 29.9. The Morgan fingerprint density at radius 2 is 0.578 bits per heavy atom. The second kappa shape index (κ2) is 36.0. The quantitative estimate of drug-likeness (QED) is 0.0338. The minimum atomic E-state index is -2.78. The fourth-order valence-corrected chi connectivity index (χ4v) is 16.6. The smallest absolute Gasteiger partial charge is 1.00 e. The molecule has 3 aromatic carbocycles. The summed E-state index contributed by atoms with van der Waals surface area (Å²) in [4.78, 5) is 0. The molecule has 0 spiro atoms. The van der Waals surface area contributed by atoms with Gasteiger partial charge < -0.3 is 37.2 Å². The summed E-state index contributed by atoms with van der Waals surface area (Å²) in [7, 11) is -2.78. The van der Waals surface area contributed by atoms with Crippen LogP contribution in [0.25, 0.3) is 0 Å². The third-order valence-corrected chi connectivity index (χ3v) is 19.6. The summed E-state index contributed by atoms with van der Waals surface area (Å²) >= 11 is 2.50. The van der Waals surface area contributed by atoms with E-state index < -0.39 is 8.07 Å². The number of allylic oxidation sites excluding steroid dienone is 4. The summed E-state index contributed by atoms with van der Waals surface area (Å²) < 4.78 is 1.61. The summed E-state index contributed by atoms with van der Waals surface area (Å²) in [6, 6.07) is 24.6. The van der Waals surface area contributed by atoms with Crippen molar-refractivity contribution >= 4 is 23.6 Å². The molecule has 1 aliphatic carbocycles. The van der Waals surface area contributed by atoms with Gasteiger partial charge in [-0.1, -0.05) is 0 Å². The maximum atomic E-state index is 2.78. The van der Waals surface area contributed by atoms with Crippen LogP contribution < -0.4 is 52.8 Å². The van der Waals surface area contributed by atoms with Gasteiger partial charge in [-0.15, -0.1) is 0 Å². The molecule has 0 N–H and O–H groups in total. The molecule has 0 nitrogen and oxygen atoms in total. The maximum absolute atomic E-state index is 2.78. The standard InChI is InChI=1S/C59H91Si.3ClH.Ti/c1-7-13-19-25-33-50-41-51(34-26-20-14-8-2)45-57(44-50)60(56-39-31-32-40-56,58-46-52(35-27-21-15-9-3)42-53(47-58)36-28-22-16-10-4)59-48-54(37-29-23-17-11-5)43-55(49-59)38-30-24-18-12-6;;;;/h31,39,41-49H,7-30,32-38H2,1-6H3;3*1H;/q;;;;+3/p-3. The topological polar surface area (TPSA) is 0 Å². The van der Waals surface area contributed by atoms with E-state index in [2.05, 4.69) is 129 Å². The van der Waals surface area contributed by atoms with E-state index in [1.54, 1.807) is 58.0 Å². The molecule has 356 valence electrons. The largest absolute Gasteiger partial charge is 1.00 e. The van der Waals surface area contributed by atoms with Gasteiger partial charge in [0.2, 0.25) is 0 Å². The third-order valence-electron chi connectivity index (χ3n) is 13.7. The molecule has 3 aromatic rings. The van der Waals surface area contributed by atoms with Crippen LogP contribution in [-0.4, -0.2) is 8.07 Å². The molecule has 0 aromatic heterocycles. The van der Waals surface area contributed by atoms with Crippen molar-refractivity contribution in [3.8, 4) is 0 Å². The van der Waals surface area contributed by atoms with Crippen LogP contribution in [0.2, 0.25) is 0 Å². The van der Waals surface area contributed by atoms with Crippen molar-refractivity contribution in [2.24, 2.45) is 0 Å². The normalized spacial score (nSPS) is 12.4. The Morgan fingerprint density at radius 1 is 0.344 bits per heavy atom.